The number of carboxylic acids is 1. The number of hydrogen-bond donors (Lipinski definition) is 4. The molecule has 8 nitrogen and oxygen atoms in total. The normalized spacial score (nSPS) is 10.5. The van der Waals surface area contributed by atoms with Gasteiger partial charge in [0.25, 0.3) is 0 Å². The first kappa shape index (κ1) is 24.4. The average Bonchev–Trinajstić information content (AvgIpc) is 3.25. The summed E-state index contributed by atoms with van der Waals surface area (Å²) in [5.41, 5.74) is 2.81. The van der Waals surface area contributed by atoms with Crippen molar-refractivity contribution in [2.24, 2.45) is 0 Å². The summed E-state index contributed by atoms with van der Waals surface area (Å²) in [5.74, 6) is -1.29. The van der Waals surface area contributed by atoms with Crippen LogP contribution in [0.4, 0.5) is 5.69 Å². The zero-order chi connectivity index (χ0) is 24.0. The third-order valence-corrected chi connectivity index (χ3v) is 6.43. The van der Waals surface area contributed by atoms with Gasteiger partial charge in [-0.3, -0.25) is 4.57 Å². The molecule has 0 saturated carbocycles. The van der Waals surface area contributed by atoms with Crippen molar-refractivity contribution in [2.75, 3.05) is 25.1 Å². The number of rotatable bonds is 10. The van der Waals surface area contributed by atoms with Crippen LogP contribution in [0, 0.1) is 4.77 Å². The van der Waals surface area contributed by atoms with Crippen LogP contribution in [0.15, 0.2) is 54.9 Å². The number of H-pyrrole nitrogens is 1. The molecule has 1 aromatic heterocycles. The summed E-state index contributed by atoms with van der Waals surface area (Å²) in [5, 5.41) is 15.3. The number of carbonyl (C=O) groups is 2. The van der Waals surface area contributed by atoms with Crippen LogP contribution in [0.1, 0.15) is 40.1 Å². The quantitative estimate of drug-likeness (QED) is 0.183. The third-order valence-electron chi connectivity index (χ3n) is 5.08. The first-order valence-corrected chi connectivity index (χ1v) is 11.7. The monoisotopic (exact) mass is 531 g/mol. The van der Waals surface area contributed by atoms with Crippen LogP contribution in [-0.4, -0.2) is 71.3 Å². The number of carbonyl (C=O) groups excluding carboxylic acids is 1. The molecular formula is C23H25N5O3SSe. The van der Waals surface area contributed by atoms with Gasteiger partial charge in [0.2, 0.25) is 0 Å². The number of hydrogen-bond acceptors (Lipinski definition) is 5. The zero-order valence-electron chi connectivity index (χ0n) is 18.3. The molecule has 2 aromatic carbocycles. The van der Waals surface area contributed by atoms with E-state index in [-0.39, 0.29) is 18.1 Å². The Morgan fingerprint density at radius 2 is 1.76 bits per heavy atom. The van der Waals surface area contributed by atoms with Crippen LogP contribution in [0.25, 0.3) is 5.69 Å². The van der Waals surface area contributed by atoms with E-state index in [0.717, 1.165) is 23.2 Å². The zero-order valence-corrected chi connectivity index (χ0v) is 20.8. The van der Waals surface area contributed by atoms with Gasteiger partial charge < -0.3 is 10.1 Å². The fourth-order valence-electron chi connectivity index (χ4n) is 3.29. The van der Waals surface area contributed by atoms with E-state index in [2.05, 4.69) is 49.9 Å². The Kier molecular flexibility index (Phi) is 8.21. The molecule has 1 heterocycles. The summed E-state index contributed by atoms with van der Waals surface area (Å²) in [6.07, 6.45) is 3.39. The molecule has 0 fully saturated rings. The molecule has 3 aromatic rings. The molecule has 0 radical (unpaired) electrons. The summed E-state index contributed by atoms with van der Waals surface area (Å²) >= 11 is 8.33. The Labute approximate surface area is 205 Å². The van der Waals surface area contributed by atoms with Crippen molar-refractivity contribution in [3.63, 3.8) is 0 Å². The molecule has 10 heteroatoms. The molecule has 172 valence electrons. The summed E-state index contributed by atoms with van der Waals surface area (Å²) in [7, 11) is 0. The first-order valence-electron chi connectivity index (χ1n) is 10.4. The molecule has 0 aliphatic rings. The average molecular weight is 531 g/mol. The number of amides is 1. The Hall–Kier alpha value is -3.20. The second-order valence-electron chi connectivity index (χ2n) is 7.12. The van der Waals surface area contributed by atoms with Gasteiger partial charge in [-0.2, -0.15) is 0 Å². The fourth-order valence-corrected chi connectivity index (χ4v) is 4.35. The molecule has 0 saturated heterocycles. The summed E-state index contributed by atoms with van der Waals surface area (Å²) < 4.78 is 3.17. The van der Waals surface area contributed by atoms with E-state index in [1.54, 1.807) is 35.2 Å². The molecule has 0 aliphatic carbocycles. The number of anilines is 1. The molecule has 1 amide bonds. The van der Waals surface area contributed by atoms with Crippen molar-refractivity contribution in [1.82, 2.24) is 19.8 Å². The minimum absolute atomic E-state index is 0.108. The molecule has 33 heavy (non-hydrogen) atoms. The SMILES string of the molecule is CCN(CC)C(=[Se])c1ccc(C(=O)NCNc2cc(C(=O)O)cc(-n3cc[nH]c3=S)c2)cc1. The summed E-state index contributed by atoms with van der Waals surface area (Å²) in [4.78, 5) is 29.2. The minimum atomic E-state index is -1.06. The van der Waals surface area contributed by atoms with Gasteiger partial charge in [0.05, 0.1) is 0 Å². The van der Waals surface area contributed by atoms with Crippen LogP contribution in [0.3, 0.4) is 0 Å². The molecule has 0 spiro atoms. The summed E-state index contributed by atoms with van der Waals surface area (Å²) in [6.45, 7) is 6.11. The molecule has 0 bridgehead atoms. The van der Waals surface area contributed by atoms with Crippen LogP contribution in [0.2, 0.25) is 0 Å². The summed E-state index contributed by atoms with van der Waals surface area (Å²) in [6, 6.07) is 12.2. The van der Waals surface area contributed by atoms with Gasteiger partial charge in [-0.1, -0.05) is 0 Å². The van der Waals surface area contributed by atoms with E-state index < -0.39 is 5.97 Å². The van der Waals surface area contributed by atoms with E-state index in [0.29, 0.717) is 21.7 Å². The van der Waals surface area contributed by atoms with Crippen LogP contribution < -0.4 is 10.6 Å². The maximum absolute atomic E-state index is 12.5. The van der Waals surface area contributed by atoms with E-state index in [1.165, 1.54) is 12.1 Å². The van der Waals surface area contributed by atoms with E-state index in [1.807, 2.05) is 12.1 Å². The van der Waals surface area contributed by atoms with Crippen molar-refractivity contribution >= 4 is 49.9 Å². The molecule has 0 atom stereocenters. The number of nitrogens with zero attached hydrogens (tertiary/aromatic N) is 2. The van der Waals surface area contributed by atoms with Gasteiger partial charge in [-0.15, -0.1) is 0 Å². The predicted octanol–water partition coefficient (Wildman–Crippen LogP) is 3.02. The third kappa shape index (κ3) is 5.98. The Morgan fingerprint density at radius 1 is 1.09 bits per heavy atom. The number of aromatic carboxylic acids is 1. The number of imidazole rings is 1. The molecule has 4 N–H and O–H groups in total. The second kappa shape index (κ2) is 11.1. The Bertz CT molecular complexity index is 1220. The van der Waals surface area contributed by atoms with Crippen molar-refractivity contribution in [3.05, 3.63) is 76.3 Å². The van der Waals surface area contributed by atoms with Crippen LogP contribution in [-0.2, 0) is 0 Å². The second-order valence-corrected chi connectivity index (χ2v) is 8.32. The first-order chi connectivity index (χ1) is 15.8. The Morgan fingerprint density at radius 3 is 2.33 bits per heavy atom. The van der Waals surface area contributed by atoms with Crippen LogP contribution in [0.5, 0.6) is 0 Å². The number of carboxylic acid groups (broad SMARTS) is 1. The fraction of sp³-hybridized carbons (Fsp3) is 0.217. The maximum atomic E-state index is 12.5. The number of benzene rings is 2. The molecular weight excluding hydrogens is 505 g/mol. The standard InChI is InChI=1S/C23H25N5O3SSe/c1-3-27(4-2)21(33)16-7-5-15(6-8-16)20(29)26-14-25-18-11-17(22(30)31)12-19(13-18)28-10-9-24-23(28)32/h5-13,25H,3-4,14H2,1-2H3,(H,24,32)(H,26,29)(H,30,31). The van der Waals surface area contributed by atoms with E-state index in [9.17, 15) is 14.7 Å². The number of aromatic amines is 1. The topological polar surface area (TPSA) is 102 Å². The van der Waals surface area contributed by atoms with Crippen molar-refractivity contribution in [2.45, 2.75) is 13.8 Å². The van der Waals surface area contributed by atoms with Crippen molar-refractivity contribution in [3.8, 4) is 5.69 Å². The molecule has 0 aliphatic heterocycles. The van der Waals surface area contributed by atoms with Crippen molar-refractivity contribution in [1.29, 1.82) is 0 Å². The van der Waals surface area contributed by atoms with Gasteiger partial charge in [-0.05, 0) is 18.3 Å². The van der Waals surface area contributed by atoms with Crippen LogP contribution >= 0.6 is 12.2 Å². The van der Waals surface area contributed by atoms with Crippen molar-refractivity contribution < 1.29 is 14.7 Å². The van der Waals surface area contributed by atoms with Gasteiger partial charge in [0, 0.05) is 12.4 Å². The van der Waals surface area contributed by atoms with E-state index >= 15 is 0 Å². The predicted molar refractivity (Wildman–Crippen MR) is 133 cm³/mol. The van der Waals surface area contributed by atoms with Gasteiger partial charge >= 0.3 is 150 Å². The van der Waals surface area contributed by atoms with E-state index in [4.69, 9.17) is 12.2 Å². The number of aromatic nitrogens is 2. The molecule has 3 rings (SSSR count). The van der Waals surface area contributed by atoms with Gasteiger partial charge in [-0.25, -0.2) is 4.79 Å². The van der Waals surface area contributed by atoms with Gasteiger partial charge in [0.15, 0.2) is 4.77 Å². The number of nitrogens with one attached hydrogen (secondary N) is 3. The molecule has 0 unspecified atom stereocenters. The van der Waals surface area contributed by atoms with Gasteiger partial charge in [0.1, 0.15) is 0 Å². The Balaban J connectivity index is 1.66.